The summed E-state index contributed by atoms with van der Waals surface area (Å²) in [5, 5.41) is 14.1. The topological polar surface area (TPSA) is 81.1 Å². The fourth-order valence-electron chi connectivity index (χ4n) is 5.15. The van der Waals surface area contributed by atoms with E-state index in [0.717, 1.165) is 11.8 Å². The molecule has 0 amide bonds. The fourth-order valence-corrected chi connectivity index (χ4v) is 5.15. The second-order valence-corrected chi connectivity index (χ2v) is 6.88. The lowest BCUT2D eigenvalue weighted by Gasteiger charge is -2.54. The van der Waals surface area contributed by atoms with Gasteiger partial charge in [-0.3, -0.25) is 4.79 Å². The zero-order valence-electron chi connectivity index (χ0n) is 11.5. The van der Waals surface area contributed by atoms with E-state index in [1.807, 2.05) is 0 Å². The molecule has 0 radical (unpaired) electrons. The Bertz CT molecular complexity index is 567. The molecule has 5 nitrogen and oxygen atoms in total. The summed E-state index contributed by atoms with van der Waals surface area (Å²) in [6.45, 7) is 0.166. The van der Waals surface area contributed by atoms with E-state index >= 15 is 0 Å². The maximum Gasteiger partial charge on any atom is 0.270 e. The van der Waals surface area contributed by atoms with Crippen LogP contribution in [0.2, 0.25) is 0 Å². The van der Waals surface area contributed by atoms with Gasteiger partial charge in [0.2, 0.25) is 0 Å². The first-order valence-corrected chi connectivity index (χ1v) is 7.67. The van der Waals surface area contributed by atoms with Gasteiger partial charge in [0.05, 0.1) is 6.04 Å². The van der Waals surface area contributed by atoms with Gasteiger partial charge in [-0.05, 0) is 55.8 Å². The Balaban J connectivity index is 1.76. The van der Waals surface area contributed by atoms with Crippen LogP contribution in [0.3, 0.4) is 0 Å². The molecular weight excluding hydrogens is 254 g/mol. The third-order valence-electron chi connectivity index (χ3n) is 5.66. The largest absolute Gasteiger partial charge is 0.506 e. The molecule has 0 spiro atoms. The van der Waals surface area contributed by atoms with E-state index in [1.54, 1.807) is 4.68 Å². The van der Waals surface area contributed by atoms with E-state index in [9.17, 15) is 9.90 Å². The molecule has 1 aromatic heterocycles. The van der Waals surface area contributed by atoms with Gasteiger partial charge in [0.1, 0.15) is 11.4 Å². The van der Waals surface area contributed by atoms with Crippen LogP contribution in [0.15, 0.2) is 10.9 Å². The predicted octanol–water partition coefficient (Wildman–Crippen LogP) is 1.40. The number of nitrogens with zero attached hydrogens (tertiary/aromatic N) is 2. The molecular formula is C15H21N3O2. The average molecular weight is 275 g/mol. The van der Waals surface area contributed by atoms with Crippen LogP contribution in [-0.2, 0) is 6.54 Å². The number of hydrogen-bond acceptors (Lipinski definition) is 4. The summed E-state index contributed by atoms with van der Waals surface area (Å²) < 4.78 is 1.63. The average Bonchev–Trinajstić information content (AvgIpc) is 2.39. The molecule has 1 heterocycles. The Kier molecular flexibility index (Phi) is 2.67. The van der Waals surface area contributed by atoms with Gasteiger partial charge < -0.3 is 10.8 Å². The van der Waals surface area contributed by atoms with E-state index in [4.69, 9.17) is 5.73 Å². The van der Waals surface area contributed by atoms with Gasteiger partial charge in [0.15, 0.2) is 0 Å². The molecule has 20 heavy (non-hydrogen) atoms. The molecule has 1 aromatic rings. The van der Waals surface area contributed by atoms with Crippen LogP contribution in [0.5, 0.6) is 5.75 Å². The van der Waals surface area contributed by atoms with Crippen LogP contribution >= 0.6 is 0 Å². The van der Waals surface area contributed by atoms with Gasteiger partial charge in [-0.25, -0.2) is 4.68 Å². The van der Waals surface area contributed by atoms with E-state index in [2.05, 4.69) is 5.10 Å². The molecule has 3 N–H and O–H groups in total. The van der Waals surface area contributed by atoms with Crippen LogP contribution in [0.1, 0.15) is 43.8 Å². The number of nitrogens with two attached hydrogens (primary N) is 1. The van der Waals surface area contributed by atoms with Gasteiger partial charge in [-0.2, -0.15) is 5.10 Å². The summed E-state index contributed by atoms with van der Waals surface area (Å²) in [6, 6.07) is 1.50. The zero-order valence-corrected chi connectivity index (χ0v) is 11.5. The molecule has 4 aliphatic carbocycles. The molecule has 4 saturated carbocycles. The molecule has 0 unspecified atom stereocenters. The minimum absolute atomic E-state index is 0.0717. The highest BCUT2D eigenvalue weighted by atomic mass is 16.3. The fraction of sp³-hybridized carbons (Fsp3) is 0.733. The van der Waals surface area contributed by atoms with Crippen LogP contribution in [0.25, 0.3) is 0 Å². The first-order valence-electron chi connectivity index (χ1n) is 7.67. The lowest BCUT2D eigenvalue weighted by atomic mass is 9.54. The highest BCUT2D eigenvalue weighted by Gasteiger charge is 2.49. The van der Waals surface area contributed by atoms with Crippen molar-refractivity contribution in [1.82, 2.24) is 9.78 Å². The molecule has 0 atom stereocenters. The smallest absolute Gasteiger partial charge is 0.270 e. The third kappa shape index (κ3) is 1.72. The van der Waals surface area contributed by atoms with Crippen molar-refractivity contribution in [3.05, 3.63) is 22.1 Å². The first-order chi connectivity index (χ1) is 9.65. The molecule has 5 heteroatoms. The van der Waals surface area contributed by atoms with Gasteiger partial charge in [0, 0.05) is 12.6 Å². The number of rotatable bonds is 2. The standard InChI is InChI=1S/C15H21N3O2/c16-7-12-13(19)6-14(20)18(17-12)15-10-2-8-1-9(4-10)5-11(15)3-8/h6,8-11,15,19H,1-5,7,16H2. The van der Waals surface area contributed by atoms with E-state index in [0.29, 0.717) is 17.5 Å². The summed E-state index contributed by atoms with van der Waals surface area (Å²) in [5.41, 5.74) is 5.85. The number of aromatic nitrogens is 2. The molecule has 0 saturated heterocycles. The summed E-state index contributed by atoms with van der Waals surface area (Å²) in [5.74, 6) is 2.85. The summed E-state index contributed by atoms with van der Waals surface area (Å²) in [7, 11) is 0. The summed E-state index contributed by atoms with van der Waals surface area (Å²) >= 11 is 0. The maximum atomic E-state index is 12.2. The zero-order chi connectivity index (χ0) is 13.9. The molecule has 4 aliphatic rings. The number of hydrogen-bond donors (Lipinski definition) is 2. The molecule has 108 valence electrons. The van der Waals surface area contributed by atoms with E-state index in [1.165, 1.54) is 38.2 Å². The monoisotopic (exact) mass is 275 g/mol. The predicted molar refractivity (Wildman–Crippen MR) is 74.1 cm³/mol. The lowest BCUT2D eigenvalue weighted by molar-refractivity contribution is -0.0357. The van der Waals surface area contributed by atoms with Crippen molar-refractivity contribution < 1.29 is 5.11 Å². The lowest BCUT2D eigenvalue weighted by Crippen LogP contribution is -2.48. The third-order valence-corrected chi connectivity index (χ3v) is 5.66. The van der Waals surface area contributed by atoms with Crippen molar-refractivity contribution in [1.29, 1.82) is 0 Å². The normalized spacial score (nSPS) is 38.4. The van der Waals surface area contributed by atoms with Crippen molar-refractivity contribution in [2.24, 2.45) is 29.4 Å². The quantitative estimate of drug-likeness (QED) is 0.855. The highest BCUT2D eigenvalue weighted by molar-refractivity contribution is 5.23. The molecule has 4 fully saturated rings. The van der Waals surface area contributed by atoms with Gasteiger partial charge >= 0.3 is 0 Å². The Morgan fingerprint density at radius 2 is 1.80 bits per heavy atom. The highest BCUT2D eigenvalue weighted by Crippen LogP contribution is 2.57. The van der Waals surface area contributed by atoms with E-state index in [-0.39, 0.29) is 23.9 Å². The Hall–Kier alpha value is -1.36. The van der Waals surface area contributed by atoms with Crippen molar-refractivity contribution in [2.45, 2.75) is 44.7 Å². The van der Waals surface area contributed by atoms with Crippen LogP contribution in [0.4, 0.5) is 0 Å². The second-order valence-electron chi connectivity index (χ2n) is 6.88. The van der Waals surface area contributed by atoms with Gasteiger partial charge in [-0.15, -0.1) is 0 Å². The van der Waals surface area contributed by atoms with Crippen molar-refractivity contribution in [3.8, 4) is 5.75 Å². The van der Waals surface area contributed by atoms with Crippen LogP contribution in [-0.4, -0.2) is 14.9 Å². The Morgan fingerprint density at radius 1 is 1.20 bits per heavy atom. The maximum absolute atomic E-state index is 12.2. The molecule has 5 rings (SSSR count). The number of aromatic hydroxyl groups is 1. The van der Waals surface area contributed by atoms with Crippen molar-refractivity contribution >= 4 is 0 Å². The Labute approximate surface area is 117 Å². The van der Waals surface area contributed by atoms with Gasteiger partial charge in [0.25, 0.3) is 5.56 Å². The van der Waals surface area contributed by atoms with Gasteiger partial charge in [-0.1, -0.05) is 0 Å². The van der Waals surface area contributed by atoms with Crippen molar-refractivity contribution in [2.75, 3.05) is 0 Å². The molecule has 0 aliphatic heterocycles. The SMILES string of the molecule is NCc1nn(C2C3CC4CC(C3)CC2C4)c(=O)cc1O. The summed E-state index contributed by atoms with van der Waals surface area (Å²) in [4.78, 5) is 12.2. The minimum atomic E-state index is -0.183. The second kappa shape index (κ2) is 4.32. The first kappa shape index (κ1) is 12.4. The van der Waals surface area contributed by atoms with E-state index < -0.39 is 0 Å². The van der Waals surface area contributed by atoms with Crippen LogP contribution < -0.4 is 11.3 Å². The minimum Gasteiger partial charge on any atom is -0.506 e. The molecule has 0 aromatic carbocycles. The van der Waals surface area contributed by atoms with Crippen LogP contribution in [0, 0.1) is 23.7 Å². The summed E-state index contributed by atoms with van der Waals surface area (Å²) in [6.07, 6.45) is 6.36. The van der Waals surface area contributed by atoms with Crippen molar-refractivity contribution in [3.63, 3.8) is 0 Å². The Morgan fingerprint density at radius 3 is 2.35 bits per heavy atom. The molecule has 4 bridgehead atoms.